The molecule has 7 heteroatoms. The monoisotopic (exact) mass is 307 g/mol. The van der Waals surface area contributed by atoms with E-state index in [9.17, 15) is 0 Å². The van der Waals surface area contributed by atoms with Crippen LogP contribution in [0.25, 0.3) is 0 Å². The van der Waals surface area contributed by atoms with E-state index in [4.69, 9.17) is 16.9 Å². The van der Waals surface area contributed by atoms with Crippen molar-refractivity contribution in [1.29, 1.82) is 5.26 Å². The number of hydrogen-bond donors (Lipinski definition) is 1. The van der Waals surface area contributed by atoms with Crippen LogP contribution in [0.15, 0.2) is 12.3 Å². The number of halogens is 1. The quantitative estimate of drug-likeness (QED) is 0.937. The van der Waals surface area contributed by atoms with Crippen LogP contribution in [0.3, 0.4) is 0 Å². The van der Waals surface area contributed by atoms with Crippen LogP contribution in [0.1, 0.15) is 43.0 Å². The Labute approximate surface area is 126 Å². The van der Waals surface area contributed by atoms with Gasteiger partial charge < -0.3 is 5.32 Å². The van der Waals surface area contributed by atoms with E-state index in [0.29, 0.717) is 23.2 Å². The summed E-state index contributed by atoms with van der Waals surface area (Å²) in [6.07, 6.45) is 7.07. The Balaban J connectivity index is 1.65. The molecule has 2 aromatic heterocycles. The molecule has 1 aliphatic carbocycles. The molecule has 5 nitrogen and oxygen atoms in total. The molecule has 0 radical (unpaired) electrons. The normalized spacial score (nSPS) is 15.4. The standard InChI is InChI=1S/C13H14ClN5S/c14-12-11(7-15)13(20-18-12)16-8-9-5-6-19(17-9)10-3-1-2-4-10/h5-6,10,16H,1-4,8H2. The van der Waals surface area contributed by atoms with E-state index in [0.717, 1.165) is 5.69 Å². The Kier molecular flexibility index (Phi) is 3.90. The van der Waals surface area contributed by atoms with Gasteiger partial charge in [-0.2, -0.15) is 14.7 Å². The third-order valence-corrected chi connectivity index (χ3v) is 4.73. The maximum Gasteiger partial charge on any atom is 0.162 e. The Hall–Kier alpha value is -1.58. The highest BCUT2D eigenvalue weighted by atomic mass is 35.5. The Morgan fingerprint density at radius 3 is 3.05 bits per heavy atom. The minimum absolute atomic E-state index is 0.261. The van der Waals surface area contributed by atoms with Crippen LogP contribution in [0.2, 0.25) is 5.15 Å². The number of nitrogens with one attached hydrogen (secondary N) is 1. The fourth-order valence-corrected chi connectivity index (χ4v) is 3.43. The zero-order valence-electron chi connectivity index (χ0n) is 10.8. The van der Waals surface area contributed by atoms with E-state index in [1.807, 2.05) is 12.3 Å². The predicted molar refractivity (Wildman–Crippen MR) is 78.9 cm³/mol. The zero-order chi connectivity index (χ0) is 13.9. The Bertz CT molecular complexity index is 635. The minimum atomic E-state index is 0.261. The van der Waals surface area contributed by atoms with Gasteiger partial charge in [0.25, 0.3) is 0 Å². The molecule has 0 saturated heterocycles. The molecule has 1 saturated carbocycles. The van der Waals surface area contributed by atoms with E-state index in [1.54, 1.807) is 0 Å². The zero-order valence-corrected chi connectivity index (χ0v) is 12.4. The van der Waals surface area contributed by atoms with Crippen LogP contribution >= 0.6 is 23.1 Å². The number of nitrogens with zero attached hydrogens (tertiary/aromatic N) is 4. The van der Waals surface area contributed by atoms with Gasteiger partial charge in [0.1, 0.15) is 16.6 Å². The molecule has 1 aliphatic rings. The van der Waals surface area contributed by atoms with Crippen molar-refractivity contribution in [1.82, 2.24) is 14.2 Å². The summed E-state index contributed by atoms with van der Waals surface area (Å²) in [6, 6.07) is 4.62. The third-order valence-electron chi connectivity index (χ3n) is 3.55. The van der Waals surface area contributed by atoms with Crippen LogP contribution in [0, 0.1) is 11.3 Å². The molecule has 1 N–H and O–H groups in total. The fraction of sp³-hybridized carbons (Fsp3) is 0.462. The SMILES string of the molecule is N#Cc1c(Cl)nsc1NCc1ccn(C2CCCC2)n1. The summed E-state index contributed by atoms with van der Waals surface area (Å²) in [4.78, 5) is 0. The van der Waals surface area contributed by atoms with Crippen molar-refractivity contribution in [2.24, 2.45) is 0 Å². The lowest BCUT2D eigenvalue weighted by Gasteiger charge is -2.08. The van der Waals surface area contributed by atoms with E-state index in [2.05, 4.69) is 25.5 Å². The van der Waals surface area contributed by atoms with Gasteiger partial charge in [-0.3, -0.25) is 4.68 Å². The first-order chi connectivity index (χ1) is 9.78. The summed E-state index contributed by atoms with van der Waals surface area (Å²) in [5.41, 5.74) is 1.37. The van der Waals surface area contributed by atoms with E-state index in [-0.39, 0.29) is 5.15 Å². The van der Waals surface area contributed by atoms with Crippen molar-refractivity contribution < 1.29 is 0 Å². The Morgan fingerprint density at radius 1 is 1.50 bits per heavy atom. The van der Waals surface area contributed by atoms with Gasteiger partial charge in [0.15, 0.2) is 5.15 Å². The molecule has 0 atom stereocenters. The molecule has 20 heavy (non-hydrogen) atoms. The first-order valence-corrected chi connectivity index (χ1v) is 7.76. The maximum absolute atomic E-state index is 9.01. The average molecular weight is 308 g/mol. The maximum atomic E-state index is 9.01. The third kappa shape index (κ3) is 2.65. The topological polar surface area (TPSA) is 66.5 Å². The van der Waals surface area contributed by atoms with Gasteiger partial charge in [0, 0.05) is 6.20 Å². The number of aromatic nitrogens is 3. The summed E-state index contributed by atoms with van der Waals surface area (Å²) in [5, 5.41) is 17.7. The van der Waals surface area contributed by atoms with Gasteiger partial charge >= 0.3 is 0 Å². The Morgan fingerprint density at radius 2 is 2.30 bits per heavy atom. The molecular weight excluding hydrogens is 294 g/mol. The molecule has 2 aromatic rings. The highest BCUT2D eigenvalue weighted by Gasteiger charge is 2.17. The van der Waals surface area contributed by atoms with Crippen LogP contribution in [0.4, 0.5) is 5.00 Å². The van der Waals surface area contributed by atoms with Gasteiger partial charge in [-0.05, 0) is 30.4 Å². The first kappa shape index (κ1) is 13.4. The molecular formula is C13H14ClN5S. The van der Waals surface area contributed by atoms with E-state index >= 15 is 0 Å². The van der Waals surface area contributed by atoms with Gasteiger partial charge in [0.05, 0.1) is 18.3 Å². The molecule has 0 aromatic carbocycles. The minimum Gasteiger partial charge on any atom is -0.369 e. The molecule has 104 valence electrons. The summed E-state index contributed by atoms with van der Waals surface area (Å²) in [5.74, 6) is 0. The van der Waals surface area contributed by atoms with Crippen molar-refractivity contribution >= 4 is 28.1 Å². The second-order valence-corrected chi connectivity index (χ2v) is 6.00. The van der Waals surface area contributed by atoms with Crippen LogP contribution in [-0.2, 0) is 6.54 Å². The van der Waals surface area contributed by atoms with Gasteiger partial charge in [-0.15, -0.1) is 0 Å². The predicted octanol–water partition coefficient (Wildman–Crippen LogP) is 3.59. The van der Waals surface area contributed by atoms with Crippen molar-refractivity contribution in [2.75, 3.05) is 5.32 Å². The molecule has 0 bridgehead atoms. The number of anilines is 1. The fourth-order valence-electron chi connectivity index (χ4n) is 2.50. The largest absolute Gasteiger partial charge is 0.369 e. The van der Waals surface area contributed by atoms with Crippen LogP contribution in [0.5, 0.6) is 0 Å². The molecule has 0 amide bonds. The van der Waals surface area contributed by atoms with Crippen LogP contribution in [-0.4, -0.2) is 14.2 Å². The first-order valence-electron chi connectivity index (χ1n) is 6.61. The van der Waals surface area contributed by atoms with Gasteiger partial charge in [-0.1, -0.05) is 24.4 Å². The molecule has 0 aliphatic heterocycles. The number of rotatable bonds is 4. The molecule has 1 fully saturated rings. The summed E-state index contributed by atoms with van der Waals surface area (Å²) in [7, 11) is 0. The second kappa shape index (κ2) is 5.81. The highest BCUT2D eigenvalue weighted by Crippen LogP contribution is 2.29. The lowest BCUT2D eigenvalue weighted by molar-refractivity contribution is 0.463. The molecule has 0 unspecified atom stereocenters. The number of nitriles is 1. The van der Waals surface area contributed by atoms with E-state index < -0.39 is 0 Å². The smallest absolute Gasteiger partial charge is 0.162 e. The lowest BCUT2D eigenvalue weighted by Crippen LogP contribution is -2.07. The highest BCUT2D eigenvalue weighted by molar-refractivity contribution is 7.10. The second-order valence-electron chi connectivity index (χ2n) is 4.87. The van der Waals surface area contributed by atoms with Gasteiger partial charge in [-0.25, -0.2) is 0 Å². The van der Waals surface area contributed by atoms with Crippen LogP contribution < -0.4 is 5.32 Å². The van der Waals surface area contributed by atoms with Gasteiger partial charge in [0.2, 0.25) is 0 Å². The summed E-state index contributed by atoms with van der Waals surface area (Å²) < 4.78 is 6.03. The van der Waals surface area contributed by atoms with Crippen molar-refractivity contribution in [3.8, 4) is 6.07 Å². The summed E-state index contributed by atoms with van der Waals surface area (Å²) in [6.45, 7) is 0.576. The average Bonchev–Trinajstić information content (AvgIpc) is 3.17. The van der Waals surface area contributed by atoms with E-state index in [1.165, 1.54) is 37.2 Å². The summed E-state index contributed by atoms with van der Waals surface area (Å²) >= 11 is 7.04. The number of hydrogen-bond acceptors (Lipinski definition) is 5. The van der Waals surface area contributed by atoms with Crippen molar-refractivity contribution in [3.63, 3.8) is 0 Å². The van der Waals surface area contributed by atoms with Crippen molar-refractivity contribution in [3.05, 3.63) is 28.7 Å². The lowest BCUT2D eigenvalue weighted by atomic mass is 10.3. The molecule has 2 heterocycles. The molecule has 3 rings (SSSR count). The molecule has 0 spiro atoms. The van der Waals surface area contributed by atoms with Crippen molar-refractivity contribution in [2.45, 2.75) is 38.3 Å².